The summed E-state index contributed by atoms with van der Waals surface area (Å²) in [5, 5.41) is 19.2. The minimum Gasteiger partial charge on any atom is -0.494 e. The molecule has 0 saturated carbocycles. The molecule has 2 aromatic carbocycles. The summed E-state index contributed by atoms with van der Waals surface area (Å²) < 4.78 is 5.56. The number of aliphatic hydroxyl groups excluding tert-OH is 1. The summed E-state index contributed by atoms with van der Waals surface area (Å²) in [6.07, 6.45) is 2.93. The van der Waals surface area contributed by atoms with Crippen LogP contribution >= 0.6 is 24.8 Å². The Balaban J connectivity index is 0.00000180. The molecule has 188 valence electrons. The molecule has 0 radical (unpaired) electrons. The third kappa shape index (κ3) is 5.28. The van der Waals surface area contributed by atoms with E-state index in [9.17, 15) is 15.1 Å². The highest BCUT2D eigenvalue weighted by Crippen LogP contribution is 2.36. The Morgan fingerprint density at radius 2 is 1.64 bits per heavy atom. The van der Waals surface area contributed by atoms with Crippen LogP contribution in [0, 0.1) is 0 Å². The molecule has 3 N–H and O–H groups in total. The van der Waals surface area contributed by atoms with E-state index < -0.39 is 5.91 Å². The van der Waals surface area contributed by atoms with Crippen molar-refractivity contribution < 1.29 is 19.8 Å². The summed E-state index contributed by atoms with van der Waals surface area (Å²) in [7, 11) is 1.47. The first kappa shape index (κ1) is 27.3. The topological polar surface area (TPSA) is 108 Å². The summed E-state index contributed by atoms with van der Waals surface area (Å²) in [5.41, 5.74) is 7.06. The Bertz CT molecular complexity index is 1340. The van der Waals surface area contributed by atoms with E-state index in [-0.39, 0.29) is 42.2 Å². The van der Waals surface area contributed by atoms with Gasteiger partial charge in [0.2, 0.25) is 0 Å². The Hall–Kier alpha value is -3.27. The molecule has 1 saturated heterocycles. The molecule has 0 atom stereocenters. The molecule has 0 aliphatic carbocycles. The maximum Gasteiger partial charge on any atom is 0.279 e. The molecule has 10 heteroatoms. The van der Waals surface area contributed by atoms with Gasteiger partial charge in [-0.1, -0.05) is 48.5 Å². The second-order valence-electron chi connectivity index (χ2n) is 8.32. The first-order valence-corrected chi connectivity index (χ1v) is 10.9. The smallest absolute Gasteiger partial charge is 0.279 e. The number of nitrogens with one attached hydrogen (secondary N) is 1. The van der Waals surface area contributed by atoms with E-state index in [1.54, 1.807) is 17.7 Å². The number of methoxy groups -OCH3 is 1. The number of carbonyl (C=O) groups is 1. The minimum absolute atomic E-state index is 0. The SMILES string of the molecule is COc1c(-c2ccc(-c3ccc(CN4CC(O)C4)cc3)cc2)nc2ccncc2c1C(=O)NO.Cl.Cl. The average Bonchev–Trinajstić information content (AvgIpc) is 2.86. The number of aromatic nitrogens is 2. The van der Waals surface area contributed by atoms with Gasteiger partial charge in [0, 0.05) is 43.0 Å². The van der Waals surface area contributed by atoms with Crippen LogP contribution in [0.5, 0.6) is 5.75 Å². The van der Waals surface area contributed by atoms with Crippen LogP contribution in [0.1, 0.15) is 15.9 Å². The highest BCUT2D eigenvalue weighted by atomic mass is 35.5. The number of β-amino-alcohol motifs (C(OH)–C–C–N with tert-alkyl or cyclic N) is 1. The van der Waals surface area contributed by atoms with Crippen LogP contribution in [-0.2, 0) is 6.54 Å². The highest BCUT2D eigenvalue weighted by molar-refractivity contribution is 6.09. The fraction of sp³-hybridized carbons (Fsp3) is 0.192. The number of rotatable bonds is 6. The fourth-order valence-corrected chi connectivity index (χ4v) is 4.32. The van der Waals surface area contributed by atoms with Crippen LogP contribution < -0.4 is 10.2 Å². The number of amides is 1. The number of likely N-dealkylation sites (tertiary alicyclic amines) is 1. The minimum atomic E-state index is -0.692. The third-order valence-corrected chi connectivity index (χ3v) is 6.06. The van der Waals surface area contributed by atoms with Crippen molar-refractivity contribution in [2.24, 2.45) is 0 Å². The second kappa shape index (κ2) is 11.6. The van der Waals surface area contributed by atoms with Gasteiger partial charge in [0.25, 0.3) is 5.91 Å². The number of ether oxygens (including phenoxy) is 1. The summed E-state index contributed by atoms with van der Waals surface area (Å²) in [6, 6.07) is 18.0. The molecule has 0 spiro atoms. The molecule has 0 bridgehead atoms. The van der Waals surface area contributed by atoms with Crippen molar-refractivity contribution in [2.75, 3.05) is 20.2 Å². The largest absolute Gasteiger partial charge is 0.494 e. The zero-order chi connectivity index (χ0) is 23.7. The highest BCUT2D eigenvalue weighted by Gasteiger charge is 2.24. The van der Waals surface area contributed by atoms with Crippen molar-refractivity contribution >= 4 is 41.6 Å². The van der Waals surface area contributed by atoms with Crippen LogP contribution in [0.3, 0.4) is 0 Å². The number of carbonyl (C=O) groups excluding carboxylic acids is 1. The number of hydrogen-bond acceptors (Lipinski definition) is 7. The van der Waals surface area contributed by atoms with Crippen molar-refractivity contribution in [3.63, 3.8) is 0 Å². The van der Waals surface area contributed by atoms with Crippen molar-refractivity contribution in [3.8, 4) is 28.1 Å². The molecule has 1 aliphatic heterocycles. The van der Waals surface area contributed by atoms with Gasteiger partial charge >= 0.3 is 0 Å². The standard InChI is InChI=1S/C26H24N4O4.2ClH/c1-34-25-23(26(32)29-33)21-12-27-11-10-22(21)28-24(25)19-8-6-18(7-9-19)17-4-2-16(3-5-17)13-30-14-20(31)15-30;;/h2-12,20,31,33H,13-15H2,1H3,(H,29,32);2*1H. The van der Waals surface area contributed by atoms with Gasteiger partial charge < -0.3 is 9.84 Å². The Morgan fingerprint density at radius 3 is 2.22 bits per heavy atom. The molecule has 8 nitrogen and oxygen atoms in total. The van der Waals surface area contributed by atoms with Gasteiger partial charge in [-0.2, -0.15) is 0 Å². The van der Waals surface area contributed by atoms with Crippen LogP contribution in [0.4, 0.5) is 0 Å². The van der Waals surface area contributed by atoms with E-state index in [1.165, 1.54) is 18.9 Å². The van der Waals surface area contributed by atoms with Crippen molar-refractivity contribution in [1.29, 1.82) is 0 Å². The normalized spacial score (nSPS) is 13.3. The number of nitrogens with zero attached hydrogens (tertiary/aromatic N) is 3. The van der Waals surface area contributed by atoms with Crippen molar-refractivity contribution in [3.05, 3.63) is 78.1 Å². The Morgan fingerprint density at radius 1 is 1.03 bits per heavy atom. The lowest BCUT2D eigenvalue weighted by molar-refractivity contribution is -0.00286. The zero-order valence-corrected chi connectivity index (χ0v) is 21.1. The fourth-order valence-electron chi connectivity index (χ4n) is 4.32. The van der Waals surface area contributed by atoms with Gasteiger partial charge in [-0.15, -0.1) is 24.8 Å². The molecule has 4 aromatic rings. The third-order valence-electron chi connectivity index (χ3n) is 6.06. The van der Waals surface area contributed by atoms with Crippen LogP contribution in [0.15, 0.2) is 67.0 Å². The van der Waals surface area contributed by atoms with Gasteiger partial charge in [-0.25, -0.2) is 10.5 Å². The van der Waals surface area contributed by atoms with Crippen LogP contribution in [0.25, 0.3) is 33.3 Å². The van der Waals surface area contributed by atoms with Gasteiger partial charge in [0.15, 0.2) is 5.75 Å². The van der Waals surface area contributed by atoms with Gasteiger partial charge in [0.05, 0.1) is 24.3 Å². The number of aliphatic hydroxyl groups is 1. The maximum atomic E-state index is 12.5. The van der Waals surface area contributed by atoms with Crippen LogP contribution in [0.2, 0.25) is 0 Å². The predicted octanol–water partition coefficient (Wildman–Crippen LogP) is 4.11. The number of halogens is 2. The number of hydroxylamine groups is 1. The molecule has 3 heterocycles. The number of benzene rings is 2. The molecular weight excluding hydrogens is 503 g/mol. The lowest BCUT2D eigenvalue weighted by atomic mass is 9.99. The van der Waals surface area contributed by atoms with E-state index in [2.05, 4.69) is 34.1 Å². The number of pyridine rings is 2. The van der Waals surface area contributed by atoms with E-state index in [4.69, 9.17) is 9.72 Å². The Labute approximate surface area is 220 Å². The first-order chi connectivity index (χ1) is 16.6. The summed E-state index contributed by atoms with van der Waals surface area (Å²) in [6.45, 7) is 2.30. The number of fused-ring (bicyclic) bond motifs is 1. The van der Waals surface area contributed by atoms with Gasteiger partial charge in [0.1, 0.15) is 5.69 Å². The van der Waals surface area contributed by atoms with Gasteiger partial charge in [-0.3, -0.25) is 19.9 Å². The molecule has 5 rings (SSSR count). The molecule has 1 aliphatic rings. The van der Waals surface area contributed by atoms with Crippen LogP contribution in [-0.4, -0.2) is 57.4 Å². The second-order valence-corrected chi connectivity index (χ2v) is 8.32. The number of hydrogen-bond donors (Lipinski definition) is 3. The monoisotopic (exact) mass is 528 g/mol. The average molecular weight is 529 g/mol. The quantitative estimate of drug-likeness (QED) is 0.255. The molecule has 0 unspecified atom stereocenters. The molecule has 1 amide bonds. The molecule has 1 fully saturated rings. The van der Waals surface area contributed by atoms with Gasteiger partial charge in [-0.05, 0) is 22.8 Å². The maximum absolute atomic E-state index is 12.5. The molecule has 2 aromatic heterocycles. The van der Waals surface area contributed by atoms with E-state index >= 15 is 0 Å². The summed E-state index contributed by atoms with van der Waals surface area (Å²) >= 11 is 0. The van der Waals surface area contributed by atoms with Crippen molar-refractivity contribution in [1.82, 2.24) is 20.3 Å². The summed E-state index contributed by atoms with van der Waals surface area (Å²) in [4.78, 5) is 23.4. The molecular formula is C26H26Cl2N4O4. The van der Waals surface area contributed by atoms with E-state index in [0.29, 0.717) is 16.6 Å². The zero-order valence-electron chi connectivity index (χ0n) is 19.4. The first-order valence-electron chi connectivity index (χ1n) is 10.9. The predicted molar refractivity (Wildman–Crippen MR) is 142 cm³/mol. The lowest BCUT2D eigenvalue weighted by Gasteiger charge is -2.35. The van der Waals surface area contributed by atoms with Crippen molar-refractivity contribution in [2.45, 2.75) is 12.6 Å². The lowest BCUT2D eigenvalue weighted by Crippen LogP contribution is -2.49. The molecule has 36 heavy (non-hydrogen) atoms. The Kier molecular flexibility index (Phi) is 8.84. The summed E-state index contributed by atoms with van der Waals surface area (Å²) in [5.74, 6) is -0.428. The van der Waals surface area contributed by atoms with E-state index in [1.807, 2.05) is 24.3 Å². The van der Waals surface area contributed by atoms with E-state index in [0.717, 1.165) is 36.3 Å².